The molecule has 11 nitrogen and oxygen atoms in total. The maximum absolute atomic E-state index is 13.0. The van der Waals surface area contributed by atoms with Crippen molar-refractivity contribution in [1.82, 2.24) is 30.1 Å². The minimum absolute atomic E-state index is 0.0140. The summed E-state index contributed by atoms with van der Waals surface area (Å²) in [5, 5.41) is 21.9. The summed E-state index contributed by atoms with van der Waals surface area (Å²) in [6.07, 6.45) is 0.595. The number of fused-ring (bicyclic) bond motifs is 1. The van der Waals surface area contributed by atoms with Crippen molar-refractivity contribution >= 4 is 45.8 Å². The molecule has 2 aliphatic rings. The first-order valence-electron chi connectivity index (χ1n) is 13.6. The van der Waals surface area contributed by atoms with Gasteiger partial charge in [-0.2, -0.15) is 0 Å². The quantitative estimate of drug-likeness (QED) is 0.324. The number of aromatic nitrogens is 3. The highest BCUT2D eigenvalue weighted by molar-refractivity contribution is 7.19. The molecule has 3 aromatic heterocycles. The molecule has 2 N–H and O–H groups in total. The van der Waals surface area contributed by atoms with Crippen LogP contribution >= 0.6 is 22.9 Å². The Morgan fingerprint density at radius 2 is 1.98 bits per heavy atom. The van der Waals surface area contributed by atoms with E-state index in [0.29, 0.717) is 51.4 Å². The van der Waals surface area contributed by atoms with Gasteiger partial charge in [-0.3, -0.25) is 9.48 Å². The van der Waals surface area contributed by atoms with Gasteiger partial charge < -0.3 is 29.5 Å². The third kappa shape index (κ3) is 5.96. The van der Waals surface area contributed by atoms with Gasteiger partial charge >= 0.3 is 6.09 Å². The first-order valence-corrected chi connectivity index (χ1v) is 14.8. The molecule has 2 fully saturated rings. The Morgan fingerprint density at radius 3 is 2.66 bits per heavy atom. The van der Waals surface area contributed by atoms with E-state index in [1.807, 2.05) is 12.1 Å². The molecule has 1 aromatic carbocycles. The van der Waals surface area contributed by atoms with Crippen LogP contribution in [0.2, 0.25) is 4.34 Å². The third-order valence-corrected chi connectivity index (χ3v) is 8.82. The van der Waals surface area contributed by atoms with E-state index in [2.05, 4.69) is 34.3 Å². The van der Waals surface area contributed by atoms with Gasteiger partial charge in [0, 0.05) is 49.9 Å². The maximum Gasteiger partial charge on any atom is 0.414 e. The second-order valence-corrected chi connectivity index (χ2v) is 12.5. The van der Waals surface area contributed by atoms with E-state index < -0.39 is 12.2 Å². The molecule has 2 saturated heterocycles. The summed E-state index contributed by atoms with van der Waals surface area (Å²) in [5.41, 5.74) is 1.71. The Morgan fingerprint density at radius 1 is 1.20 bits per heavy atom. The molecule has 0 saturated carbocycles. The molecule has 216 valence electrons. The zero-order valence-electron chi connectivity index (χ0n) is 22.7. The van der Waals surface area contributed by atoms with Crippen LogP contribution in [-0.2, 0) is 6.54 Å². The van der Waals surface area contributed by atoms with Crippen molar-refractivity contribution in [2.24, 2.45) is 0 Å². The number of ether oxygens (including phenoxy) is 1. The lowest BCUT2D eigenvalue weighted by Crippen LogP contribution is -2.53. The van der Waals surface area contributed by atoms with Crippen LogP contribution in [0.25, 0.3) is 21.5 Å². The van der Waals surface area contributed by atoms with Gasteiger partial charge in [-0.25, -0.2) is 4.79 Å². The lowest BCUT2D eigenvalue weighted by atomic mass is 10.0. The molecule has 13 heteroatoms. The average molecular weight is 599 g/mol. The van der Waals surface area contributed by atoms with Gasteiger partial charge in [0.1, 0.15) is 5.69 Å². The Bertz CT molecular complexity index is 1570. The number of nitrogens with zero attached hydrogens (tertiary/aromatic N) is 5. The highest BCUT2D eigenvalue weighted by Gasteiger charge is 2.30. The Balaban J connectivity index is 1.24. The number of carbonyl (C=O) groups excluding carboxylic acids is 2. The molecular weight excluding hydrogens is 568 g/mol. The smallest absolute Gasteiger partial charge is 0.389 e. The first-order chi connectivity index (χ1) is 19.7. The van der Waals surface area contributed by atoms with Gasteiger partial charge in [-0.05, 0) is 57.0 Å². The number of nitrogens with one attached hydrogen (secondary N) is 1. The Kier molecular flexibility index (Phi) is 7.73. The van der Waals surface area contributed by atoms with Crippen LogP contribution in [0.15, 0.2) is 40.9 Å². The average Bonchev–Trinajstić information content (AvgIpc) is 3.66. The summed E-state index contributed by atoms with van der Waals surface area (Å²) in [6, 6.07) is 11.1. The molecule has 0 atom stereocenters. The number of amides is 2. The number of benzene rings is 1. The van der Waals surface area contributed by atoms with E-state index in [-0.39, 0.29) is 24.4 Å². The van der Waals surface area contributed by atoms with Gasteiger partial charge in [-0.15, -0.1) is 16.4 Å². The molecule has 0 aliphatic carbocycles. The number of carbonyl (C=O) groups is 2. The molecule has 4 aromatic rings. The normalized spacial score (nSPS) is 16.9. The molecule has 0 unspecified atom stereocenters. The van der Waals surface area contributed by atoms with E-state index >= 15 is 0 Å². The Labute approximate surface area is 245 Å². The van der Waals surface area contributed by atoms with Crippen LogP contribution in [0.3, 0.4) is 0 Å². The lowest BCUT2D eigenvalue weighted by Gasteiger charge is -2.35. The molecular formula is C28H31ClN6O5S. The number of piperidine rings is 1. The van der Waals surface area contributed by atoms with Gasteiger partial charge in [0.15, 0.2) is 5.76 Å². The van der Waals surface area contributed by atoms with Crippen molar-refractivity contribution in [1.29, 1.82) is 0 Å². The summed E-state index contributed by atoms with van der Waals surface area (Å²) < 4.78 is 13.6. The van der Waals surface area contributed by atoms with Crippen LogP contribution in [0.5, 0.6) is 5.88 Å². The van der Waals surface area contributed by atoms with Crippen molar-refractivity contribution in [3.63, 3.8) is 0 Å². The monoisotopic (exact) mass is 598 g/mol. The highest BCUT2D eigenvalue weighted by atomic mass is 35.5. The number of likely N-dealkylation sites (tertiary alicyclic amines) is 2. The number of hydrogen-bond donors (Lipinski definition) is 2. The minimum atomic E-state index is -0.583. The second kappa shape index (κ2) is 11.4. The second-order valence-electron chi connectivity index (χ2n) is 10.8. The van der Waals surface area contributed by atoms with Crippen molar-refractivity contribution < 1.29 is 24.0 Å². The van der Waals surface area contributed by atoms with Crippen molar-refractivity contribution in [3.05, 3.63) is 52.0 Å². The van der Waals surface area contributed by atoms with Gasteiger partial charge in [0.05, 0.1) is 32.8 Å². The number of aliphatic hydroxyl groups is 1. The Hall–Kier alpha value is -3.45. The van der Waals surface area contributed by atoms with Crippen molar-refractivity contribution in [2.75, 3.05) is 26.2 Å². The van der Waals surface area contributed by atoms with E-state index in [0.717, 1.165) is 30.8 Å². The van der Waals surface area contributed by atoms with Crippen LogP contribution in [-0.4, -0.2) is 86.2 Å². The van der Waals surface area contributed by atoms with Crippen molar-refractivity contribution in [2.45, 2.75) is 51.4 Å². The van der Waals surface area contributed by atoms with Crippen molar-refractivity contribution in [3.8, 4) is 16.5 Å². The zero-order chi connectivity index (χ0) is 28.7. The molecule has 0 radical (unpaired) electrons. The summed E-state index contributed by atoms with van der Waals surface area (Å²) in [4.78, 5) is 30.7. The number of halogens is 1. The molecule has 41 heavy (non-hydrogen) atoms. The predicted molar refractivity (Wildman–Crippen MR) is 154 cm³/mol. The summed E-state index contributed by atoms with van der Waals surface area (Å²) >= 11 is 7.46. The molecule has 2 amide bonds. The standard InChI is InChI=1S/C28H31ClN6O5S/c1-16(2)33-9-7-18(8-10-33)30-28(38)39-26-21-11-17(27(37)34-14-20(36)15-34)3-4-22(21)35(31-26)13-19-12-23(40-32-19)24-5-6-25(29)41-24/h3-6,11-12,16,18,20,36H,7-10,13-15H2,1-2H3,(H,30,38). The van der Waals surface area contributed by atoms with E-state index in [1.165, 1.54) is 11.3 Å². The number of aliphatic hydroxyl groups excluding tert-OH is 1. The minimum Gasteiger partial charge on any atom is -0.389 e. The number of hydrogen-bond acceptors (Lipinski definition) is 9. The van der Waals surface area contributed by atoms with Crippen LogP contribution in [0, 0.1) is 0 Å². The molecule has 6 rings (SSSR count). The maximum atomic E-state index is 13.0. The SMILES string of the molecule is CC(C)N1CCC(NC(=O)Oc2nn(Cc3cc(-c4ccc(Cl)s4)on3)c3ccc(C(=O)N4CC(O)C4)cc23)CC1. The predicted octanol–water partition coefficient (Wildman–Crippen LogP) is 4.23. The topological polar surface area (TPSA) is 126 Å². The fourth-order valence-electron chi connectivity index (χ4n) is 5.23. The third-order valence-electron chi connectivity index (χ3n) is 7.57. The van der Waals surface area contributed by atoms with Gasteiger partial charge in [-0.1, -0.05) is 16.8 Å². The van der Waals surface area contributed by atoms with Crippen LogP contribution < -0.4 is 10.1 Å². The van der Waals surface area contributed by atoms with Gasteiger partial charge in [0.25, 0.3) is 11.8 Å². The van der Waals surface area contributed by atoms with E-state index in [9.17, 15) is 14.7 Å². The number of thiophene rings is 1. The van der Waals surface area contributed by atoms with Crippen LogP contribution in [0.1, 0.15) is 42.7 Å². The number of β-amino-alcohol motifs (C(OH)–C–C–N with tert-alkyl or cyclic N) is 1. The van der Waals surface area contributed by atoms with Crippen LogP contribution in [0.4, 0.5) is 4.79 Å². The first kappa shape index (κ1) is 27.7. The number of rotatable bonds is 7. The highest BCUT2D eigenvalue weighted by Crippen LogP contribution is 2.32. The fraction of sp³-hybridized carbons (Fsp3) is 0.429. The van der Waals surface area contributed by atoms with E-state index in [1.54, 1.807) is 33.8 Å². The van der Waals surface area contributed by atoms with Gasteiger partial charge in [0.2, 0.25) is 0 Å². The zero-order valence-corrected chi connectivity index (χ0v) is 24.3. The lowest BCUT2D eigenvalue weighted by molar-refractivity contribution is 0.00591. The van der Waals surface area contributed by atoms with E-state index in [4.69, 9.17) is 20.9 Å². The molecule has 2 aliphatic heterocycles. The largest absolute Gasteiger partial charge is 0.414 e. The molecule has 5 heterocycles. The molecule has 0 spiro atoms. The molecule has 0 bridgehead atoms. The fourth-order valence-corrected chi connectivity index (χ4v) is 6.22. The summed E-state index contributed by atoms with van der Waals surface area (Å²) in [7, 11) is 0. The summed E-state index contributed by atoms with van der Waals surface area (Å²) in [5.74, 6) is 0.495. The summed E-state index contributed by atoms with van der Waals surface area (Å²) in [6.45, 7) is 7.00.